The fourth-order valence-corrected chi connectivity index (χ4v) is 5.99. The molecule has 180 valence electrons. The molecule has 8 rings (SSSR count). The van der Waals surface area contributed by atoms with E-state index in [0.717, 1.165) is 38.3 Å². The first kappa shape index (κ1) is 21.7. The Balaban J connectivity index is 1.35. The largest absolute Gasteiger partial charge is 0.456 e. The Morgan fingerprint density at radius 1 is 0.436 bits per heavy atom. The summed E-state index contributed by atoms with van der Waals surface area (Å²) in [7, 11) is 0. The van der Waals surface area contributed by atoms with E-state index in [1.807, 2.05) is 18.2 Å². The van der Waals surface area contributed by atoms with Gasteiger partial charge >= 0.3 is 0 Å². The van der Waals surface area contributed by atoms with Crippen LogP contribution in [-0.2, 0) is 0 Å². The third kappa shape index (κ3) is 3.34. The minimum atomic E-state index is 0.646. The fraction of sp³-hybridized carbons (Fsp3) is 0. The molecule has 7 aromatic carbocycles. The summed E-state index contributed by atoms with van der Waals surface area (Å²) in [6, 6.07) is 44.8. The molecular formula is C37H21NO. The van der Waals surface area contributed by atoms with Crippen molar-refractivity contribution >= 4 is 59.9 Å². The van der Waals surface area contributed by atoms with Gasteiger partial charge in [0.1, 0.15) is 11.2 Å². The van der Waals surface area contributed by atoms with Gasteiger partial charge in [-0.1, -0.05) is 97.1 Å². The zero-order valence-electron chi connectivity index (χ0n) is 21.0. The van der Waals surface area contributed by atoms with Crippen LogP contribution in [0.4, 0.5) is 5.69 Å². The highest BCUT2D eigenvalue weighted by Crippen LogP contribution is 2.40. The number of furan rings is 1. The van der Waals surface area contributed by atoms with Crippen molar-refractivity contribution in [3.63, 3.8) is 0 Å². The summed E-state index contributed by atoms with van der Waals surface area (Å²) in [5, 5.41) is 9.24. The summed E-state index contributed by atoms with van der Waals surface area (Å²) in [6.07, 6.45) is 0. The molecule has 0 N–H and O–H groups in total. The quantitative estimate of drug-likeness (QED) is 0.218. The van der Waals surface area contributed by atoms with Gasteiger partial charge in [-0.25, -0.2) is 4.85 Å². The molecule has 8 aromatic rings. The van der Waals surface area contributed by atoms with Gasteiger partial charge in [0.25, 0.3) is 0 Å². The molecule has 0 aliphatic rings. The molecule has 1 heterocycles. The van der Waals surface area contributed by atoms with Crippen molar-refractivity contribution in [1.82, 2.24) is 0 Å². The molecule has 0 bridgehead atoms. The summed E-state index contributed by atoms with van der Waals surface area (Å²) < 4.78 is 6.25. The van der Waals surface area contributed by atoms with Gasteiger partial charge in [0, 0.05) is 10.8 Å². The van der Waals surface area contributed by atoms with Crippen LogP contribution in [0.1, 0.15) is 0 Å². The van der Waals surface area contributed by atoms with Gasteiger partial charge in [-0.05, 0) is 84.9 Å². The Morgan fingerprint density at radius 2 is 1.15 bits per heavy atom. The van der Waals surface area contributed by atoms with Crippen LogP contribution in [0.15, 0.2) is 132 Å². The van der Waals surface area contributed by atoms with Crippen molar-refractivity contribution < 1.29 is 4.42 Å². The minimum absolute atomic E-state index is 0.646. The van der Waals surface area contributed by atoms with E-state index in [2.05, 4.69) is 114 Å². The normalized spacial score (nSPS) is 11.6. The van der Waals surface area contributed by atoms with E-state index >= 15 is 0 Å². The van der Waals surface area contributed by atoms with Crippen molar-refractivity contribution in [3.8, 4) is 22.3 Å². The average Bonchev–Trinajstić information content (AvgIpc) is 3.35. The van der Waals surface area contributed by atoms with Gasteiger partial charge in [0.2, 0.25) is 0 Å². The molecule has 0 spiro atoms. The van der Waals surface area contributed by atoms with Gasteiger partial charge in [-0.3, -0.25) is 0 Å². The first-order valence-electron chi connectivity index (χ1n) is 13.0. The first-order valence-corrected chi connectivity index (χ1v) is 13.0. The summed E-state index contributed by atoms with van der Waals surface area (Å²) in [6.45, 7) is 7.39. The van der Waals surface area contributed by atoms with Crippen molar-refractivity contribution in [3.05, 3.63) is 139 Å². The second kappa shape index (κ2) is 8.31. The Hall–Kier alpha value is -5.39. The third-order valence-electron chi connectivity index (χ3n) is 7.86. The zero-order chi connectivity index (χ0) is 25.9. The second-order valence-corrected chi connectivity index (χ2v) is 10.0. The van der Waals surface area contributed by atoms with Crippen LogP contribution in [0.3, 0.4) is 0 Å². The molecule has 0 aliphatic carbocycles. The number of rotatable bonds is 2. The highest BCUT2D eigenvalue weighted by atomic mass is 16.3. The molecular weight excluding hydrogens is 474 g/mol. The molecule has 0 atom stereocenters. The average molecular weight is 496 g/mol. The maximum absolute atomic E-state index is 7.39. The van der Waals surface area contributed by atoms with Crippen LogP contribution < -0.4 is 0 Å². The number of nitrogens with zero attached hydrogens (tertiary/aromatic N) is 1. The predicted octanol–water partition coefficient (Wildman–Crippen LogP) is 10.9. The van der Waals surface area contributed by atoms with Crippen LogP contribution in [0.25, 0.3) is 81.4 Å². The molecule has 1 aromatic heterocycles. The topological polar surface area (TPSA) is 17.5 Å². The molecule has 39 heavy (non-hydrogen) atoms. The number of hydrogen-bond donors (Lipinski definition) is 0. The maximum Gasteiger partial charge on any atom is 0.187 e. The summed E-state index contributed by atoms with van der Waals surface area (Å²) in [5.74, 6) is 0. The summed E-state index contributed by atoms with van der Waals surface area (Å²) >= 11 is 0. The smallest absolute Gasteiger partial charge is 0.187 e. The van der Waals surface area contributed by atoms with E-state index in [4.69, 9.17) is 11.0 Å². The van der Waals surface area contributed by atoms with E-state index < -0.39 is 0 Å². The van der Waals surface area contributed by atoms with Crippen molar-refractivity contribution in [2.45, 2.75) is 0 Å². The lowest BCUT2D eigenvalue weighted by Crippen LogP contribution is -1.87. The van der Waals surface area contributed by atoms with E-state index in [-0.39, 0.29) is 0 Å². The molecule has 2 heteroatoms. The number of fused-ring (bicyclic) bond motifs is 6. The predicted molar refractivity (Wildman–Crippen MR) is 163 cm³/mol. The van der Waals surface area contributed by atoms with E-state index in [9.17, 15) is 0 Å². The molecule has 0 aliphatic heterocycles. The molecule has 2 nitrogen and oxygen atoms in total. The number of benzene rings is 7. The minimum Gasteiger partial charge on any atom is -0.456 e. The fourth-order valence-electron chi connectivity index (χ4n) is 5.99. The van der Waals surface area contributed by atoms with E-state index in [0.29, 0.717) is 5.69 Å². The Bertz CT molecular complexity index is 2290. The Kier molecular flexibility index (Phi) is 4.62. The SMILES string of the molecule is [C-]#[N+]c1ccc2cc3oc4ccc(-c5ccc(-c6cccc7ccccc67)c6ccccc56)cc4c3cc2c1. The summed E-state index contributed by atoms with van der Waals surface area (Å²) in [4.78, 5) is 3.61. The lowest BCUT2D eigenvalue weighted by molar-refractivity contribution is 0.669. The summed E-state index contributed by atoms with van der Waals surface area (Å²) in [5.41, 5.74) is 7.21. The van der Waals surface area contributed by atoms with Gasteiger partial charge in [-0.2, -0.15) is 0 Å². The third-order valence-corrected chi connectivity index (χ3v) is 7.86. The van der Waals surface area contributed by atoms with Gasteiger partial charge in [0.05, 0.1) is 6.57 Å². The van der Waals surface area contributed by atoms with Crippen LogP contribution in [0.2, 0.25) is 0 Å². The molecule has 0 fully saturated rings. The monoisotopic (exact) mass is 495 g/mol. The highest BCUT2D eigenvalue weighted by Gasteiger charge is 2.14. The van der Waals surface area contributed by atoms with Crippen molar-refractivity contribution in [2.75, 3.05) is 0 Å². The van der Waals surface area contributed by atoms with Crippen LogP contribution >= 0.6 is 0 Å². The molecule has 0 radical (unpaired) electrons. The van der Waals surface area contributed by atoms with Gasteiger partial charge < -0.3 is 4.42 Å². The molecule has 0 amide bonds. The lowest BCUT2D eigenvalue weighted by Gasteiger charge is -2.14. The Labute approximate surface area is 225 Å². The standard InChI is InChI=1S/C37H21NO/c1-38-27-15-13-24-22-37-35(21-26(24)19-27)34-20-25(14-18-36(34)39-37)29-16-17-33(32-11-5-4-10-30(29)32)31-12-6-8-23-7-2-3-9-28(23)31/h2-22H. The van der Waals surface area contributed by atoms with E-state index in [1.54, 1.807) is 0 Å². The van der Waals surface area contributed by atoms with Gasteiger partial charge in [-0.15, -0.1) is 0 Å². The van der Waals surface area contributed by atoms with Gasteiger partial charge in [0.15, 0.2) is 5.69 Å². The first-order chi connectivity index (χ1) is 19.3. The van der Waals surface area contributed by atoms with Crippen molar-refractivity contribution in [2.24, 2.45) is 0 Å². The Morgan fingerprint density at radius 3 is 2.03 bits per heavy atom. The van der Waals surface area contributed by atoms with E-state index in [1.165, 1.54) is 38.2 Å². The lowest BCUT2D eigenvalue weighted by atomic mass is 9.90. The molecule has 0 saturated heterocycles. The van der Waals surface area contributed by atoms with Crippen LogP contribution in [0, 0.1) is 6.57 Å². The number of hydrogen-bond acceptors (Lipinski definition) is 1. The zero-order valence-corrected chi connectivity index (χ0v) is 21.0. The highest BCUT2D eigenvalue weighted by molar-refractivity contribution is 6.13. The maximum atomic E-state index is 7.39. The molecule has 0 unspecified atom stereocenters. The molecule has 0 saturated carbocycles. The van der Waals surface area contributed by atoms with Crippen molar-refractivity contribution in [1.29, 1.82) is 0 Å². The van der Waals surface area contributed by atoms with Crippen LogP contribution in [-0.4, -0.2) is 0 Å². The van der Waals surface area contributed by atoms with Crippen LogP contribution in [0.5, 0.6) is 0 Å². The second-order valence-electron chi connectivity index (χ2n) is 10.0.